The van der Waals surface area contributed by atoms with Crippen molar-refractivity contribution in [3.63, 3.8) is 0 Å². The summed E-state index contributed by atoms with van der Waals surface area (Å²) >= 11 is 0.451. The Morgan fingerprint density at radius 3 is 2.31 bits per heavy atom. The summed E-state index contributed by atoms with van der Waals surface area (Å²) in [5.74, 6) is -1.01. The smallest absolute Gasteiger partial charge is 0.390 e. The summed E-state index contributed by atoms with van der Waals surface area (Å²) in [7, 11) is -4.12. The van der Waals surface area contributed by atoms with E-state index >= 15 is 0 Å². The van der Waals surface area contributed by atoms with Crippen LogP contribution in [0.25, 0.3) is 0 Å². The van der Waals surface area contributed by atoms with Crippen LogP contribution in [0.4, 0.5) is 18.0 Å². The molecule has 0 saturated carbocycles. The molecule has 3 aromatic rings. The number of sulfonamides is 1. The van der Waals surface area contributed by atoms with Gasteiger partial charge in [0.1, 0.15) is 12.6 Å². The van der Waals surface area contributed by atoms with E-state index in [1.807, 2.05) is 45.9 Å². The molecule has 0 spiro atoms. The van der Waals surface area contributed by atoms with Gasteiger partial charge in [-0.25, -0.2) is 18.2 Å². The van der Waals surface area contributed by atoms with Gasteiger partial charge < -0.3 is 20.2 Å². The summed E-state index contributed by atoms with van der Waals surface area (Å²) in [6, 6.07) is 12.4. The number of carbonyl (C=O) groups excluding carboxylic acids is 2. The van der Waals surface area contributed by atoms with Crippen LogP contribution >= 0.6 is 11.3 Å². The largest absolute Gasteiger partial charge is 0.443 e. The Bertz CT molecular complexity index is 1760. The zero-order valence-electron chi connectivity index (χ0n) is 29.5. The SMILES string of the molecule is CC[C@H](C)[C@@H](C(=O)N[C@@H](Cc1ccccc1)[C@H](O)CN(CC(C)C)S(=O)(=O)c1ccc(CN=O)cc1)N1CCN(Cc2csc(C(F)(F)F)n2)C1=O. The Kier molecular flexibility index (Phi) is 13.9. The highest BCUT2D eigenvalue weighted by molar-refractivity contribution is 7.89. The van der Waals surface area contributed by atoms with Crippen molar-refractivity contribution in [2.75, 3.05) is 26.2 Å². The normalized spacial score (nSPS) is 16.3. The summed E-state index contributed by atoms with van der Waals surface area (Å²) in [5, 5.41) is 17.8. The number of aliphatic hydroxyl groups is 1. The maximum Gasteiger partial charge on any atom is 0.443 e. The monoisotopic (exact) mass is 766 g/mol. The highest BCUT2D eigenvalue weighted by Crippen LogP contribution is 2.32. The van der Waals surface area contributed by atoms with Crippen LogP contribution in [-0.2, 0) is 40.5 Å². The lowest BCUT2D eigenvalue weighted by Crippen LogP contribution is -2.57. The maximum absolute atomic E-state index is 14.2. The number of nitrogens with one attached hydrogen (secondary N) is 1. The predicted octanol–water partition coefficient (Wildman–Crippen LogP) is 5.52. The molecule has 12 nitrogen and oxygen atoms in total. The number of aliphatic hydroxyl groups excluding tert-OH is 1. The van der Waals surface area contributed by atoms with E-state index in [1.54, 1.807) is 12.1 Å². The van der Waals surface area contributed by atoms with Crippen molar-refractivity contribution in [1.82, 2.24) is 24.4 Å². The predicted molar refractivity (Wildman–Crippen MR) is 190 cm³/mol. The number of hydrogen-bond donors (Lipinski definition) is 2. The lowest BCUT2D eigenvalue weighted by atomic mass is 9.95. The van der Waals surface area contributed by atoms with Crippen LogP contribution in [0.3, 0.4) is 0 Å². The molecule has 52 heavy (non-hydrogen) atoms. The first kappa shape index (κ1) is 40.8. The van der Waals surface area contributed by atoms with Gasteiger partial charge in [-0.15, -0.1) is 11.3 Å². The summed E-state index contributed by atoms with van der Waals surface area (Å²) in [6.07, 6.45) is -5.32. The molecule has 1 fully saturated rings. The van der Waals surface area contributed by atoms with E-state index < -0.39 is 51.3 Å². The van der Waals surface area contributed by atoms with Crippen LogP contribution in [0.2, 0.25) is 0 Å². The minimum atomic E-state index is -4.60. The molecule has 2 aromatic carbocycles. The molecule has 1 aromatic heterocycles. The van der Waals surface area contributed by atoms with Crippen molar-refractivity contribution < 1.29 is 36.3 Å². The molecule has 2 N–H and O–H groups in total. The molecular weight excluding hydrogens is 722 g/mol. The fourth-order valence-electron chi connectivity index (χ4n) is 6.07. The quantitative estimate of drug-likeness (QED) is 0.162. The van der Waals surface area contributed by atoms with Crippen molar-refractivity contribution in [2.45, 2.75) is 82.9 Å². The number of benzene rings is 2. The van der Waals surface area contributed by atoms with E-state index in [0.717, 1.165) is 5.56 Å². The molecule has 4 rings (SSSR count). The lowest BCUT2D eigenvalue weighted by molar-refractivity contribution is -0.137. The molecule has 1 saturated heterocycles. The van der Waals surface area contributed by atoms with Crippen molar-refractivity contribution >= 4 is 33.3 Å². The second-order valence-electron chi connectivity index (χ2n) is 13.4. The first-order chi connectivity index (χ1) is 24.5. The van der Waals surface area contributed by atoms with Gasteiger partial charge in [0.15, 0.2) is 5.01 Å². The van der Waals surface area contributed by atoms with Crippen LogP contribution < -0.4 is 5.32 Å². The molecular formula is C35H45F3N6O6S2. The number of nitrogens with zero attached hydrogens (tertiary/aromatic N) is 5. The Balaban J connectivity index is 1.58. The number of amides is 3. The molecule has 0 radical (unpaired) electrons. The Morgan fingerprint density at radius 1 is 1.06 bits per heavy atom. The zero-order valence-corrected chi connectivity index (χ0v) is 31.1. The molecule has 1 aliphatic heterocycles. The third-order valence-corrected chi connectivity index (χ3v) is 11.7. The fourth-order valence-corrected chi connectivity index (χ4v) is 8.37. The van der Waals surface area contributed by atoms with Crippen LogP contribution in [0, 0.1) is 16.7 Å². The van der Waals surface area contributed by atoms with Gasteiger partial charge in [-0.05, 0) is 41.5 Å². The minimum Gasteiger partial charge on any atom is -0.390 e. The van der Waals surface area contributed by atoms with Gasteiger partial charge in [-0.3, -0.25) is 4.79 Å². The third-order valence-electron chi connectivity index (χ3n) is 8.92. The van der Waals surface area contributed by atoms with Gasteiger partial charge in [-0.1, -0.05) is 81.8 Å². The van der Waals surface area contributed by atoms with E-state index in [1.165, 1.54) is 43.8 Å². The Labute approximate surface area is 306 Å². The summed E-state index contributed by atoms with van der Waals surface area (Å²) in [4.78, 5) is 44.9. The molecule has 284 valence electrons. The van der Waals surface area contributed by atoms with Crippen LogP contribution in [-0.4, -0.2) is 88.9 Å². The Hall–Kier alpha value is -3.93. The van der Waals surface area contributed by atoms with Gasteiger partial charge in [0.05, 0.1) is 29.3 Å². The molecule has 0 aliphatic carbocycles. The first-order valence-corrected chi connectivity index (χ1v) is 19.3. The molecule has 4 atom stereocenters. The van der Waals surface area contributed by atoms with E-state index in [4.69, 9.17) is 0 Å². The molecule has 17 heteroatoms. The standard InChI is InChI=1S/C35H45F3N6O6S2/c1-5-24(4)31(44-16-15-42(34(44)47)20-27-22-51-33(40-27)35(36,37)38)32(46)41-29(17-25-9-7-6-8-10-25)30(45)21-43(19-23(2)3)52(49,50)28-13-11-26(12-14-28)18-39-48/h6-14,22-24,29-31,45H,5,15-21H2,1-4H3,(H,41,46)/t24-,29-,30+,31-/m0/s1. The van der Waals surface area contributed by atoms with Gasteiger partial charge in [-0.2, -0.15) is 22.4 Å². The summed E-state index contributed by atoms with van der Waals surface area (Å²) in [6.45, 7) is 7.13. The third kappa shape index (κ3) is 10.4. The van der Waals surface area contributed by atoms with E-state index in [2.05, 4.69) is 15.5 Å². The van der Waals surface area contributed by atoms with Gasteiger partial charge in [0.25, 0.3) is 0 Å². The number of carbonyl (C=O) groups is 2. The topological polar surface area (TPSA) is 153 Å². The highest BCUT2D eigenvalue weighted by atomic mass is 32.2. The van der Waals surface area contributed by atoms with Crippen LogP contribution in [0.15, 0.2) is 70.0 Å². The number of thiazole rings is 1. The summed E-state index contributed by atoms with van der Waals surface area (Å²) in [5.41, 5.74) is 1.41. The number of halogens is 3. The average Bonchev–Trinajstić information content (AvgIpc) is 3.72. The fraction of sp³-hybridized carbons (Fsp3) is 0.514. The van der Waals surface area contributed by atoms with Gasteiger partial charge in [0, 0.05) is 31.6 Å². The molecule has 0 unspecified atom stereocenters. The van der Waals surface area contributed by atoms with Crippen LogP contribution in [0.1, 0.15) is 55.9 Å². The second kappa shape index (κ2) is 17.7. The van der Waals surface area contributed by atoms with Crippen molar-refractivity contribution in [2.24, 2.45) is 17.0 Å². The number of hydrogen-bond acceptors (Lipinski definition) is 9. The van der Waals surface area contributed by atoms with Gasteiger partial charge >= 0.3 is 12.2 Å². The minimum absolute atomic E-state index is 0.0279. The molecule has 0 bridgehead atoms. The van der Waals surface area contributed by atoms with Crippen LogP contribution in [0.5, 0.6) is 0 Å². The summed E-state index contributed by atoms with van der Waals surface area (Å²) < 4.78 is 68.3. The first-order valence-electron chi connectivity index (χ1n) is 17.0. The molecule has 3 amide bonds. The number of aromatic nitrogens is 1. The molecule has 1 aliphatic rings. The van der Waals surface area contributed by atoms with Crippen molar-refractivity contribution in [3.05, 3.63) is 86.7 Å². The molecule has 2 heterocycles. The lowest BCUT2D eigenvalue weighted by Gasteiger charge is -2.35. The van der Waals surface area contributed by atoms with Crippen molar-refractivity contribution in [1.29, 1.82) is 0 Å². The number of rotatable bonds is 18. The van der Waals surface area contributed by atoms with Gasteiger partial charge in [0.2, 0.25) is 15.9 Å². The Morgan fingerprint density at radius 2 is 1.73 bits per heavy atom. The van der Waals surface area contributed by atoms with E-state index in [-0.39, 0.29) is 68.1 Å². The zero-order chi connectivity index (χ0) is 38.2. The van der Waals surface area contributed by atoms with E-state index in [0.29, 0.717) is 23.3 Å². The average molecular weight is 767 g/mol. The van der Waals surface area contributed by atoms with Crippen molar-refractivity contribution in [3.8, 4) is 0 Å². The highest BCUT2D eigenvalue weighted by Gasteiger charge is 2.42. The maximum atomic E-state index is 14.2. The number of alkyl halides is 3. The number of nitroso groups, excluding NO2 is 1. The van der Waals surface area contributed by atoms with E-state index in [9.17, 15) is 41.2 Å². The number of urea groups is 1. The second-order valence-corrected chi connectivity index (χ2v) is 16.2.